The van der Waals surface area contributed by atoms with E-state index in [4.69, 9.17) is 0 Å². The van der Waals surface area contributed by atoms with Gasteiger partial charge >= 0.3 is 11.8 Å². The van der Waals surface area contributed by atoms with Crippen LogP contribution in [0, 0.1) is 5.92 Å². The van der Waals surface area contributed by atoms with Crippen LogP contribution in [0.15, 0.2) is 12.4 Å². The van der Waals surface area contributed by atoms with Gasteiger partial charge < -0.3 is 0 Å². The van der Waals surface area contributed by atoms with Crippen LogP contribution < -0.4 is 0 Å². The molecule has 58 valence electrons. The van der Waals surface area contributed by atoms with Crippen molar-refractivity contribution in [2.75, 3.05) is 0 Å². The molecule has 0 heterocycles. The lowest BCUT2D eigenvalue weighted by atomic mass is 10.4. The fraction of sp³-hybridized carbons (Fsp3) is 0.600. The van der Waals surface area contributed by atoms with Crippen LogP contribution in [0.2, 0.25) is 0 Å². The van der Waals surface area contributed by atoms with E-state index in [9.17, 15) is 22.0 Å². The zero-order chi connectivity index (χ0) is 8.15. The third-order valence-corrected chi connectivity index (χ3v) is 1.40. The molecule has 0 aromatic rings. The van der Waals surface area contributed by atoms with Crippen molar-refractivity contribution in [3.63, 3.8) is 0 Å². The van der Waals surface area contributed by atoms with Gasteiger partial charge in [0, 0.05) is 0 Å². The van der Waals surface area contributed by atoms with Gasteiger partial charge in [0.2, 0.25) is 0 Å². The maximum Gasteiger partial charge on any atom is 0.326 e. The molecular formula is C5H3F5. The molecule has 5 heteroatoms. The molecule has 1 saturated carbocycles. The fourth-order valence-electron chi connectivity index (χ4n) is 0.736. The summed E-state index contributed by atoms with van der Waals surface area (Å²) in [7, 11) is 0. The number of hydrogen-bond acceptors (Lipinski definition) is 0. The minimum absolute atomic E-state index is 1.66. The average molecular weight is 158 g/mol. The quantitative estimate of drug-likeness (QED) is 0.514. The van der Waals surface area contributed by atoms with Gasteiger partial charge in [0.25, 0.3) is 0 Å². The molecule has 0 unspecified atom stereocenters. The zero-order valence-corrected chi connectivity index (χ0v) is 4.67. The predicted molar refractivity (Wildman–Crippen MR) is 23.6 cm³/mol. The highest BCUT2D eigenvalue weighted by atomic mass is 19.3. The number of hydrogen-bond donors (Lipinski definition) is 0. The van der Waals surface area contributed by atoms with Gasteiger partial charge in [-0.3, -0.25) is 0 Å². The monoisotopic (exact) mass is 158 g/mol. The predicted octanol–water partition coefficient (Wildman–Crippen LogP) is 2.37. The van der Waals surface area contributed by atoms with Crippen molar-refractivity contribution in [3.8, 4) is 0 Å². The summed E-state index contributed by atoms with van der Waals surface area (Å²) in [5.74, 6) is -12.7. The second-order valence-electron chi connectivity index (χ2n) is 2.13. The third-order valence-electron chi connectivity index (χ3n) is 1.40. The van der Waals surface area contributed by atoms with Gasteiger partial charge in [0.05, 0.1) is 0 Å². The molecule has 1 aliphatic carbocycles. The SMILES string of the molecule is C=C(F)C1C(F)(F)C1(F)F. The molecule has 0 bridgehead atoms. The first kappa shape index (κ1) is 7.50. The Hall–Kier alpha value is -0.610. The summed E-state index contributed by atoms with van der Waals surface area (Å²) in [5, 5.41) is 0. The van der Waals surface area contributed by atoms with E-state index < -0.39 is 23.6 Å². The van der Waals surface area contributed by atoms with E-state index in [0.29, 0.717) is 0 Å². The minimum atomic E-state index is -4.22. The molecule has 0 N–H and O–H groups in total. The number of allylic oxidation sites excluding steroid dienone is 1. The first-order valence-electron chi connectivity index (χ1n) is 2.41. The van der Waals surface area contributed by atoms with Crippen molar-refractivity contribution in [2.24, 2.45) is 5.92 Å². The maximum absolute atomic E-state index is 11.8. The van der Waals surface area contributed by atoms with Crippen LogP contribution in [0.5, 0.6) is 0 Å². The molecule has 1 aliphatic rings. The number of rotatable bonds is 1. The third kappa shape index (κ3) is 0.602. The van der Waals surface area contributed by atoms with Crippen molar-refractivity contribution in [1.29, 1.82) is 0 Å². The van der Waals surface area contributed by atoms with Gasteiger partial charge in [-0.25, -0.2) is 4.39 Å². The van der Waals surface area contributed by atoms with E-state index in [1.54, 1.807) is 0 Å². The normalized spacial score (nSPS) is 28.1. The molecule has 0 nitrogen and oxygen atoms in total. The molecule has 1 fully saturated rings. The smallest absolute Gasteiger partial charge is 0.212 e. The highest BCUT2D eigenvalue weighted by molar-refractivity contribution is 5.24. The Labute approximate surface area is 53.3 Å². The molecule has 0 atom stereocenters. The van der Waals surface area contributed by atoms with E-state index in [0.717, 1.165) is 0 Å². The Morgan fingerprint density at radius 1 is 1.10 bits per heavy atom. The topological polar surface area (TPSA) is 0 Å². The lowest BCUT2D eigenvalue weighted by Gasteiger charge is -1.87. The Balaban J connectivity index is 2.81. The maximum atomic E-state index is 11.8. The standard InChI is InChI=1S/C5H3F5/c1-2(6)3-4(7,8)5(3,9)10/h3H,1H2. The minimum Gasteiger partial charge on any atom is -0.212 e. The molecule has 0 aliphatic heterocycles. The molecular weight excluding hydrogens is 155 g/mol. The van der Waals surface area contributed by atoms with Crippen LogP contribution in [-0.2, 0) is 0 Å². The molecule has 0 radical (unpaired) electrons. The average Bonchev–Trinajstić information content (AvgIpc) is 1.97. The first-order valence-corrected chi connectivity index (χ1v) is 2.41. The molecule has 10 heavy (non-hydrogen) atoms. The summed E-state index contributed by atoms with van der Waals surface area (Å²) >= 11 is 0. The van der Waals surface area contributed by atoms with Crippen molar-refractivity contribution < 1.29 is 22.0 Å². The van der Waals surface area contributed by atoms with E-state index in [-0.39, 0.29) is 0 Å². The fourth-order valence-corrected chi connectivity index (χ4v) is 0.736. The molecule has 0 aromatic heterocycles. The second kappa shape index (κ2) is 1.52. The summed E-state index contributed by atoms with van der Waals surface area (Å²) in [6.07, 6.45) is 0. The van der Waals surface area contributed by atoms with E-state index in [1.165, 1.54) is 0 Å². The summed E-state index contributed by atoms with van der Waals surface area (Å²) in [6.45, 7) is 2.38. The Bertz CT molecular complexity index is 168. The Morgan fingerprint density at radius 3 is 1.40 bits per heavy atom. The number of halogens is 5. The van der Waals surface area contributed by atoms with Crippen LogP contribution in [0.4, 0.5) is 22.0 Å². The van der Waals surface area contributed by atoms with Gasteiger partial charge in [-0.15, -0.1) is 0 Å². The van der Waals surface area contributed by atoms with Gasteiger partial charge in [-0.2, -0.15) is 17.6 Å². The van der Waals surface area contributed by atoms with E-state index >= 15 is 0 Å². The largest absolute Gasteiger partial charge is 0.326 e. The van der Waals surface area contributed by atoms with Gasteiger partial charge in [0.1, 0.15) is 11.7 Å². The Morgan fingerprint density at radius 2 is 1.40 bits per heavy atom. The number of alkyl halides is 4. The van der Waals surface area contributed by atoms with Crippen molar-refractivity contribution in [3.05, 3.63) is 12.4 Å². The van der Waals surface area contributed by atoms with Gasteiger partial charge in [-0.05, 0) is 0 Å². The van der Waals surface area contributed by atoms with Gasteiger partial charge in [0.15, 0.2) is 0 Å². The zero-order valence-electron chi connectivity index (χ0n) is 4.67. The lowest BCUT2D eigenvalue weighted by molar-refractivity contribution is -0.0278. The molecule has 0 amide bonds. The Kier molecular flexibility index (Phi) is 1.14. The van der Waals surface area contributed by atoms with E-state index in [2.05, 4.69) is 6.58 Å². The molecule has 0 aromatic carbocycles. The van der Waals surface area contributed by atoms with E-state index in [1.807, 2.05) is 0 Å². The van der Waals surface area contributed by atoms with Crippen LogP contribution in [0.1, 0.15) is 0 Å². The van der Waals surface area contributed by atoms with Crippen molar-refractivity contribution in [1.82, 2.24) is 0 Å². The van der Waals surface area contributed by atoms with Crippen molar-refractivity contribution >= 4 is 0 Å². The summed E-state index contributed by atoms with van der Waals surface area (Å²) in [5.41, 5.74) is 0. The summed E-state index contributed by atoms with van der Waals surface area (Å²) in [6, 6.07) is 0. The molecule has 1 rings (SSSR count). The van der Waals surface area contributed by atoms with Gasteiger partial charge in [-0.1, -0.05) is 6.58 Å². The highest BCUT2D eigenvalue weighted by Gasteiger charge is 2.86. The van der Waals surface area contributed by atoms with Crippen LogP contribution >= 0.6 is 0 Å². The summed E-state index contributed by atoms with van der Waals surface area (Å²) < 4.78 is 58.8. The highest BCUT2D eigenvalue weighted by Crippen LogP contribution is 2.65. The van der Waals surface area contributed by atoms with Crippen LogP contribution in [-0.4, -0.2) is 11.8 Å². The first-order chi connectivity index (χ1) is 4.32. The lowest BCUT2D eigenvalue weighted by Crippen LogP contribution is -2.02. The van der Waals surface area contributed by atoms with Crippen LogP contribution in [0.3, 0.4) is 0 Å². The second-order valence-corrected chi connectivity index (χ2v) is 2.13. The molecule has 0 spiro atoms. The molecule has 0 saturated heterocycles. The van der Waals surface area contributed by atoms with Crippen LogP contribution in [0.25, 0.3) is 0 Å². The summed E-state index contributed by atoms with van der Waals surface area (Å²) in [4.78, 5) is 0. The van der Waals surface area contributed by atoms with Crippen molar-refractivity contribution in [2.45, 2.75) is 11.8 Å².